The van der Waals surface area contributed by atoms with Crippen LogP contribution in [-0.2, 0) is 6.54 Å². The Hall–Kier alpha value is -3.20. The van der Waals surface area contributed by atoms with Gasteiger partial charge in [-0.2, -0.15) is 0 Å². The second-order valence-electron chi connectivity index (χ2n) is 5.24. The van der Waals surface area contributed by atoms with Gasteiger partial charge in [-0.3, -0.25) is 14.9 Å². The molecule has 0 spiro atoms. The molecule has 134 valence electrons. The molecular weight excluding hydrogens is 358 g/mol. The highest BCUT2D eigenvalue weighted by Crippen LogP contribution is 2.34. The fraction of sp³-hybridized carbons (Fsp3) is 0.176. The van der Waals surface area contributed by atoms with Gasteiger partial charge in [-0.05, 0) is 12.1 Å². The van der Waals surface area contributed by atoms with Crippen LogP contribution in [-0.4, -0.2) is 30.0 Å². The zero-order chi connectivity index (χ0) is 18.7. The number of amides is 1. The SMILES string of the molecule is COc1cc(C(=O)NCc2nc3ccccc3s2)c([N+](=O)[O-])cc1OC. The van der Waals surface area contributed by atoms with Crippen LogP contribution >= 0.6 is 11.3 Å². The van der Waals surface area contributed by atoms with Gasteiger partial charge in [0.05, 0.1) is 42.0 Å². The molecule has 0 saturated carbocycles. The van der Waals surface area contributed by atoms with Crippen molar-refractivity contribution in [1.29, 1.82) is 0 Å². The molecule has 3 rings (SSSR count). The predicted octanol–water partition coefficient (Wildman–Crippen LogP) is 3.15. The molecule has 3 aromatic rings. The maximum Gasteiger partial charge on any atom is 0.286 e. The Labute approximate surface area is 152 Å². The lowest BCUT2D eigenvalue weighted by molar-refractivity contribution is -0.385. The first-order chi connectivity index (χ1) is 12.5. The van der Waals surface area contributed by atoms with E-state index in [1.54, 1.807) is 0 Å². The van der Waals surface area contributed by atoms with E-state index in [1.165, 1.54) is 37.7 Å². The van der Waals surface area contributed by atoms with E-state index in [1.807, 2.05) is 24.3 Å². The molecule has 0 bridgehead atoms. The third-order valence-electron chi connectivity index (χ3n) is 3.68. The van der Waals surface area contributed by atoms with Crippen LogP contribution < -0.4 is 14.8 Å². The smallest absolute Gasteiger partial charge is 0.286 e. The molecule has 0 aliphatic rings. The summed E-state index contributed by atoms with van der Waals surface area (Å²) in [6.07, 6.45) is 0. The molecule has 0 aliphatic heterocycles. The number of benzene rings is 2. The predicted molar refractivity (Wildman–Crippen MR) is 97.0 cm³/mol. The van der Waals surface area contributed by atoms with Crippen LogP contribution in [0.1, 0.15) is 15.4 Å². The highest BCUT2D eigenvalue weighted by Gasteiger charge is 2.24. The Morgan fingerprint density at radius 2 is 1.92 bits per heavy atom. The molecule has 0 saturated heterocycles. The average Bonchev–Trinajstić information content (AvgIpc) is 3.07. The van der Waals surface area contributed by atoms with Crippen LogP contribution in [0.2, 0.25) is 0 Å². The summed E-state index contributed by atoms with van der Waals surface area (Å²) in [5.74, 6) is -0.165. The number of aromatic nitrogens is 1. The molecule has 26 heavy (non-hydrogen) atoms. The first-order valence-electron chi connectivity index (χ1n) is 7.56. The molecule has 0 aliphatic carbocycles. The zero-order valence-corrected chi connectivity index (χ0v) is 14.8. The summed E-state index contributed by atoms with van der Waals surface area (Å²) in [4.78, 5) is 27.6. The second kappa shape index (κ2) is 7.36. The van der Waals surface area contributed by atoms with Crippen molar-refractivity contribution >= 4 is 33.1 Å². The topological polar surface area (TPSA) is 104 Å². The molecule has 0 atom stereocenters. The van der Waals surface area contributed by atoms with Crippen molar-refractivity contribution in [3.8, 4) is 11.5 Å². The normalized spacial score (nSPS) is 10.5. The minimum atomic E-state index is -0.630. The maximum atomic E-state index is 12.5. The van der Waals surface area contributed by atoms with Crippen molar-refractivity contribution < 1.29 is 19.2 Å². The number of nitrogens with one attached hydrogen (secondary N) is 1. The molecule has 0 fully saturated rings. The van der Waals surface area contributed by atoms with Gasteiger partial charge >= 0.3 is 0 Å². The highest BCUT2D eigenvalue weighted by molar-refractivity contribution is 7.18. The first-order valence-corrected chi connectivity index (χ1v) is 8.38. The summed E-state index contributed by atoms with van der Waals surface area (Å²) >= 11 is 1.45. The van der Waals surface area contributed by atoms with Crippen molar-refractivity contribution in [2.45, 2.75) is 6.54 Å². The number of carbonyl (C=O) groups is 1. The molecule has 1 amide bonds. The van der Waals surface area contributed by atoms with Gasteiger partial charge in [0, 0.05) is 6.07 Å². The first kappa shape index (κ1) is 17.6. The van der Waals surface area contributed by atoms with Gasteiger partial charge in [0.2, 0.25) is 0 Å². The Kier molecular flexibility index (Phi) is 4.99. The molecular formula is C17H15N3O5S. The summed E-state index contributed by atoms with van der Waals surface area (Å²) in [6.45, 7) is 0.170. The van der Waals surface area contributed by atoms with E-state index < -0.39 is 10.8 Å². The van der Waals surface area contributed by atoms with E-state index >= 15 is 0 Å². The summed E-state index contributed by atoms with van der Waals surface area (Å²) in [5.41, 5.74) is 0.386. The van der Waals surface area contributed by atoms with E-state index in [4.69, 9.17) is 9.47 Å². The van der Waals surface area contributed by atoms with Crippen molar-refractivity contribution in [2.24, 2.45) is 0 Å². The number of nitro groups is 1. The third-order valence-corrected chi connectivity index (χ3v) is 4.72. The van der Waals surface area contributed by atoms with Gasteiger partial charge in [-0.15, -0.1) is 11.3 Å². The van der Waals surface area contributed by atoms with Crippen molar-refractivity contribution in [3.05, 3.63) is 57.1 Å². The van der Waals surface area contributed by atoms with Crippen LogP contribution in [0, 0.1) is 10.1 Å². The Bertz CT molecular complexity index is 953. The number of hydrogen-bond donors (Lipinski definition) is 1. The molecule has 0 radical (unpaired) electrons. The Balaban J connectivity index is 1.85. The van der Waals surface area contributed by atoms with E-state index in [0.29, 0.717) is 5.01 Å². The van der Waals surface area contributed by atoms with E-state index in [2.05, 4.69) is 10.3 Å². The van der Waals surface area contributed by atoms with Crippen molar-refractivity contribution in [1.82, 2.24) is 10.3 Å². The van der Waals surface area contributed by atoms with Crippen LogP contribution in [0.15, 0.2) is 36.4 Å². The van der Waals surface area contributed by atoms with Gasteiger partial charge in [-0.25, -0.2) is 4.98 Å². The molecule has 8 nitrogen and oxygen atoms in total. The molecule has 2 aromatic carbocycles. The van der Waals surface area contributed by atoms with E-state index in [-0.39, 0.29) is 29.3 Å². The van der Waals surface area contributed by atoms with Crippen molar-refractivity contribution in [2.75, 3.05) is 14.2 Å². The summed E-state index contributed by atoms with van der Waals surface area (Å²) in [5, 5.41) is 14.7. The van der Waals surface area contributed by atoms with Gasteiger partial charge in [0.1, 0.15) is 10.6 Å². The number of nitro benzene ring substituents is 1. The van der Waals surface area contributed by atoms with Gasteiger partial charge in [0.25, 0.3) is 11.6 Å². The highest BCUT2D eigenvalue weighted by atomic mass is 32.1. The quantitative estimate of drug-likeness (QED) is 0.526. The number of methoxy groups -OCH3 is 2. The lowest BCUT2D eigenvalue weighted by Crippen LogP contribution is -2.23. The number of thiazole rings is 1. The Morgan fingerprint density at radius 3 is 2.58 bits per heavy atom. The average molecular weight is 373 g/mol. The molecule has 1 heterocycles. The van der Waals surface area contributed by atoms with Crippen LogP contribution in [0.3, 0.4) is 0 Å². The van der Waals surface area contributed by atoms with Crippen LogP contribution in [0.5, 0.6) is 11.5 Å². The molecule has 1 aromatic heterocycles. The fourth-order valence-electron chi connectivity index (χ4n) is 2.45. The second-order valence-corrected chi connectivity index (χ2v) is 6.35. The van der Waals surface area contributed by atoms with Gasteiger partial charge in [0.15, 0.2) is 11.5 Å². The number of ether oxygens (including phenoxy) is 2. The van der Waals surface area contributed by atoms with Gasteiger partial charge in [-0.1, -0.05) is 12.1 Å². The van der Waals surface area contributed by atoms with Crippen LogP contribution in [0.25, 0.3) is 10.2 Å². The molecule has 1 N–H and O–H groups in total. The number of hydrogen-bond acceptors (Lipinski definition) is 7. The number of para-hydroxylation sites is 1. The number of rotatable bonds is 6. The number of carbonyl (C=O) groups excluding carboxylic acids is 1. The summed E-state index contributed by atoms with van der Waals surface area (Å²) in [6, 6.07) is 10.1. The van der Waals surface area contributed by atoms with Crippen LogP contribution in [0.4, 0.5) is 5.69 Å². The molecule has 0 unspecified atom stereocenters. The lowest BCUT2D eigenvalue weighted by atomic mass is 10.1. The fourth-order valence-corrected chi connectivity index (χ4v) is 3.35. The summed E-state index contributed by atoms with van der Waals surface area (Å²) < 4.78 is 11.2. The zero-order valence-electron chi connectivity index (χ0n) is 14.0. The number of nitrogens with zero attached hydrogens (tertiary/aromatic N) is 2. The lowest BCUT2D eigenvalue weighted by Gasteiger charge is -2.10. The standard InChI is InChI=1S/C17H15N3O5S/c1-24-13-7-10(12(20(22)23)8-14(13)25-2)17(21)18-9-16-19-11-5-3-4-6-15(11)26-16/h3-8H,9H2,1-2H3,(H,18,21). The maximum absolute atomic E-state index is 12.5. The minimum Gasteiger partial charge on any atom is -0.493 e. The summed E-state index contributed by atoms with van der Waals surface area (Å²) in [7, 11) is 2.76. The van der Waals surface area contributed by atoms with E-state index in [9.17, 15) is 14.9 Å². The third kappa shape index (κ3) is 3.42. The minimum absolute atomic E-state index is 0.103. The Morgan fingerprint density at radius 1 is 1.23 bits per heavy atom. The number of fused-ring (bicyclic) bond motifs is 1. The largest absolute Gasteiger partial charge is 0.493 e. The van der Waals surface area contributed by atoms with Crippen molar-refractivity contribution in [3.63, 3.8) is 0 Å². The van der Waals surface area contributed by atoms with E-state index in [0.717, 1.165) is 10.2 Å². The van der Waals surface area contributed by atoms with Gasteiger partial charge < -0.3 is 14.8 Å². The monoisotopic (exact) mass is 373 g/mol. The molecule has 9 heteroatoms.